The first-order chi connectivity index (χ1) is 12.6. The Balaban J connectivity index is 2.17. The lowest BCUT2D eigenvalue weighted by molar-refractivity contribution is -0.137. The third-order valence-electron chi connectivity index (χ3n) is 3.68. The van der Waals surface area contributed by atoms with Crippen molar-refractivity contribution in [2.75, 3.05) is 13.2 Å². The van der Waals surface area contributed by atoms with Gasteiger partial charge in [-0.15, -0.1) is 0 Å². The summed E-state index contributed by atoms with van der Waals surface area (Å²) in [6.45, 7) is 5.69. The molecule has 1 fully saturated rings. The van der Waals surface area contributed by atoms with Crippen molar-refractivity contribution < 1.29 is 14.3 Å². The number of amides is 1. The van der Waals surface area contributed by atoms with Crippen LogP contribution in [0.5, 0.6) is 0 Å². The molecule has 0 saturated carbocycles. The fraction of sp³-hybridized carbons (Fsp3) is 0.250. The Morgan fingerprint density at radius 3 is 2.77 bits per heavy atom. The second-order valence-electron chi connectivity index (χ2n) is 5.42. The highest BCUT2D eigenvalue weighted by molar-refractivity contribution is 8.04. The number of carbonyl (C=O) groups excluding carboxylic acids is 2. The lowest BCUT2D eigenvalue weighted by Crippen LogP contribution is -2.29. The van der Waals surface area contributed by atoms with Crippen LogP contribution >= 0.6 is 11.8 Å². The van der Waals surface area contributed by atoms with Gasteiger partial charge in [0.1, 0.15) is 17.7 Å². The van der Waals surface area contributed by atoms with Crippen LogP contribution < -0.4 is 0 Å². The SMILES string of the molecule is C=CCOC(=O)/C(C#N)=C1\SC(C/C=C/c2ccccc2)C(=O)N1CC. The van der Waals surface area contributed by atoms with Gasteiger partial charge in [0, 0.05) is 6.54 Å². The van der Waals surface area contributed by atoms with E-state index in [0.29, 0.717) is 18.0 Å². The van der Waals surface area contributed by atoms with E-state index in [1.54, 1.807) is 0 Å². The molecule has 1 aliphatic rings. The standard InChI is InChI=1S/C20H20N2O3S/c1-3-13-25-20(24)16(14-21)19-22(4-2)18(23)17(26-19)12-8-11-15-9-6-5-7-10-15/h3,5-11,17H,1,4,12-13H2,2H3/b11-8+,19-16-. The molecule has 0 aromatic heterocycles. The van der Waals surface area contributed by atoms with E-state index in [1.807, 2.05) is 55.5 Å². The van der Waals surface area contributed by atoms with E-state index in [1.165, 1.54) is 22.7 Å². The molecule has 0 spiro atoms. The van der Waals surface area contributed by atoms with Gasteiger partial charge < -0.3 is 9.64 Å². The fourth-order valence-corrected chi connectivity index (χ4v) is 3.74. The number of hydrogen-bond acceptors (Lipinski definition) is 5. The number of hydrogen-bond donors (Lipinski definition) is 0. The molecule has 0 bridgehead atoms. The van der Waals surface area contributed by atoms with Crippen molar-refractivity contribution >= 4 is 29.7 Å². The van der Waals surface area contributed by atoms with E-state index in [4.69, 9.17) is 4.74 Å². The number of nitriles is 1. The van der Waals surface area contributed by atoms with Gasteiger partial charge in [-0.2, -0.15) is 5.26 Å². The Bertz CT molecular complexity index is 778. The van der Waals surface area contributed by atoms with E-state index in [-0.39, 0.29) is 23.3 Å². The van der Waals surface area contributed by atoms with Gasteiger partial charge in [0.15, 0.2) is 5.57 Å². The predicted octanol–water partition coefficient (Wildman–Crippen LogP) is 3.52. The minimum absolute atomic E-state index is 0.0191. The molecule has 1 amide bonds. The number of allylic oxidation sites excluding steroid dienone is 1. The molecule has 1 unspecified atom stereocenters. The van der Waals surface area contributed by atoms with Crippen LogP contribution in [0.3, 0.4) is 0 Å². The molecule has 0 aliphatic carbocycles. The maximum atomic E-state index is 12.6. The van der Waals surface area contributed by atoms with Crippen LogP contribution in [0.4, 0.5) is 0 Å². The summed E-state index contributed by atoms with van der Waals surface area (Å²) in [7, 11) is 0. The molecular formula is C20H20N2O3S. The van der Waals surface area contributed by atoms with E-state index >= 15 is 0 Å². The molecule has 1 aliphatic heterocycles. The van der Waals surface area contributed by atoms with Gasteiger partial charge in [0.05, 0.1) is 5.25 Å². The molecular weight excluding hydrogens is 348 g/mol. The van der Waals surface area contributed by atoms with Gasteiger partial charge in [-0.1, -0.05) is 66.9 Å². The Kier molecular flexibility index (Phi) is 7.24. The zero-order chi connectivity index (χ0) is 18.9. The van der Waals surface area contributed by atoms with Crippen molar-refractivity contribution in [3.05, 3.63) is 65.2 Å². The predicted molar refractivity (Wildman–Crippen MR) is 103 cm³/mol. The van der Waals surface area contributed by atoms with Crippen LogP contribution in [0.25, 0.3) is 6.08 Å². The first kappa shape index (κ1) is 19.5. The Morgan fingerprint density at radius 1 is 1.42 bits per heavy atom. The molecule has 5 nitrogen and oxygen atoms in total. The molecule has 1 atom stereocenters. The zero-order valence-corrected chi connectivity index (χ0v) is 15.4. The topological polar surface area (TPSA) is 70.4 Å². The minimum Gasteiger partial charge on any atom is -0.457 e. The van der Waals surface area contributed by atoms with Crippen LogP contribution in [0, 0.1) is 11.3 Å². The highest BCUT2D eigenvalue weighted by Crippen LogP contribution is 2.39. The van der Waals surface area contributed by atoms with Gasteiger partial charge in [-0.25, -0.2) is 4.79 Å². The van der Waals surface area contributed by atoms with Gasteiger partial charge in [0.25, 0.3) is 0 Å². The maximum absolute atomic E-state index is 12.6. The summed E-state index contributed by atoms with van der Waals surface area (Å²) < 4.78 is 4.96. The van der Waals surface area contributed by atoms with Crippen molar-refractivity contribution in [1.82, 2.24) is 4.90 Å². The maximum Gasteiger partial charge on any atom is 0.351 e. The number of nitrogens with zero attached hydrogens (tertiary/aromatic N) is 2. The number of benzene rings is 1. The molecule has 1 heterocycles. The molecule has 1 aromatic rings. The molecule has 1 saturated heterocycles. The third kappa shape index (κ3) is 4.64. The van der Waals surface area contributed by atoms with Crippen LogP contribution in [-0.2, 0) is 14.3 Å². The number of ether oxygens (including phenoxy) is 1. The molecule has 134 valence electrons. The Hall–Kier alpha value is -2.78. The summed E-state index contributed by atoms with van der Waals surface area (Å²) >= 11 is 1.24. The Morgan fingerprint density at radius 2 is 2.15 bits per heavy atom. The van der Waals surface area contributed by atoms with Gasteiger partial charge in [-0.3, -0.25) is 4.79 Å². The minimum atomic E-state index is -0.735. The quantitative estimate of drug-likeness (QED) is 0.319. The monoisotopic (exact) mass is 368 g/mol. The highest BCUT2D eigenvalue weighted by atomic mass is 32.2. The molecule has 2 rings (SSSR count). The highest BCUT2D eigenvalue weighted by Gasteiger charge is 2.38. The van der Waals surface area contributed by atoms with E-state index < -0.39 is 5.97 Å². The van der Waals surface area contributed by atoms with E-state index in [2.05, 4.69) is 6.58 Å². The average Bonchev–Trinajstić information content (AvgIpc) is 2.97. The normalized spacial score (nSPS) is 18.7. The van der Waals surface area contributed by atoms with Gasteiger partial charge >= 0.3 is 5.97 Å². The first-order valence-corrected chi connectivity index (χ1v) is 9.12. The largest absolute Gasteiger partial charge is 0.457 e. The summed E-state index contributed by atoms with van der Waals surface area (Å²) in [6.07, 6.45) is 5.83. The zero-order valence-electron chi connectivity index (χ0n) is 14.6. The van der Waals surface area contributed by atoms with E-state index in [9.17, 15) is 14.9 Å². The summed E-state index contributed by atoms with van der Waals surface area (Å²) in [5.74, 6) is -0.837. The van der Waals surface area contributed by atoms with Crippen molar-refractivity contribution in [2.45, 2.75) is 18.6 Å². The number of carbonyl (C=O) groups is 2. The second kappa shape index (κ2) is 9.64. The summed E-state index contributed by atoms with van der Waals surface area (Å²) in [5, 5.41) is 9.37. The lowest BCUT2D eigenvalue weighted by Gasteiger charge is -2.15. The molecule has 1 aromatic carbocycles. The molecule has 0 N–H and O–H groups in total. The number of rotatable bonds is 7. The third-order valence-corrected chi connectivity index (χ3v) is 5.01. The van der Waals surface area contributed by atoms with Crippen molar-refractivity contribution in [1.29, 1.82) is 5.26 Å². The summed E-state index contributed by atoms with van der Waals surface area (Å²) in [5.41, 5.74) is 0.915. The number of esters is 1. The Labute approximate surface area is 157 Å². The van der Waals surface area contributed by atoms with Crippen LogP contribution in [0.2, 0.25) is 0 Å². The fourth-order valence-electron chi connectivity index (χ4n) is 2.44. The van der Waals surface area contributed by atoms with Crippen molar-refractivity contribution in [3.8, 4) is 6.07 Å². The van der Waals surface area contributed by atoms with Gasteiger partial charge in [-0.05, 0) is 18.9 Å². The summed E-state index contributed by atoms with van der Waals surface area (Å²) in [4.78, 5) is 26.2. The molecule has 26 heavy (non-hydrogen) atoms. The van der Waals surface area contributed by atoms with Crippen molar-refractivity contribution in [2.24, 2.45) is 0 Å². The summed E-state index contributed by atoms with van der Waals surface area (Å²) in [6, 6.07) is 11.7. The van der Waals surface area contributed by atoms with Crippen LogP contribution in [0.1, 0.15) is 18.9 Å². The van der Waals surface area contributed by atoms with Crippen molar-refractivity contribution in [3.63, 3.8) is 0 Å². The first-order valence-electron chi connectivity index (χ1n) is 8.24. The van der Waals surface area contributed by atoms with Gasteiger partial charge in [0.2, 0.25) is 5.91 Å². The molecule has 6 heteroatoms. The number of thioether (sulfide) groups is 1. The lowest BCUT2D eigenvalue weighted by atomic mass is 10.2. The average molecular weight is 368 g/mol. The molecule has 0 radical (unpaired) electrons. The van der Waals surface area contributed by atoms with E-state index in [0.717, 1.165) is 5.56 Å². The van der Waals surface area contributed by atoms with Crippen LogP contribution in [0.15, 0.2) is 59.7 Å². The van der Waals surface area contributed by atoms with Crippen LogP contribution in [-0.4, -0.2) is 35.2 Å². The second-order valence-corrected chi connectivity index (χ2v) is 6.61. The smallest absolute Gasteiger partial charge is 0.351 e.